The summed E-state index contributed by atoms with van der Waals surface area (Å²) in [7, 11) is 0. The van der Waals surface area contributed by atoms with E-state index in [4.69, 9.17) is 20.4 Å². The summed E-state index contributed by atoms with van der Waals surface area (Å²) in [5.41, 5.74) is 11.1. The van der Waals surface area contributed by atoms with Gasteiger partial charge in [-0.2, -0.15) is 13.2 Å². The number of nitrogens with zero attached hydrogens (tertiary/aromatic N) is 1. The van der Waals surface area contributed by atoms with Gasteiger partial charge >= 0.3 is 12.1 Å². The monoisotopic (exact) mass is 717 g/mol. The molecule has 1 aliphatic heterocycles. The summed E-state index contributed by atoms with van der Waals surface area (Å²) in [5.74, 6) is -3.10. The van der Waals surface area contributed by atoms with Crippen LogP contribution in [0.1, 0.15) is 60.6 Å². The second kappa shape index (κ2) is 16.2. The minimum absolute atomic E-state index is 0.0777. The lowest BCUT2D eigenvalue weighted by atomic mass is 10.1. The van der Waals surface area contributed by atoms with Gasteiger partial charge in [0, 0.05) is 48.1 Å². The van der Waals surface area contributed by atoms with Crippen molar-refractivity contribution < 1.29 is 47.0 Å². The van der Waals surface area contributed by atoms with Gasteiger partial charge in [0.15, 0.2) is 6.61 Å². The number of nitrogens with two attached hydrogens (primary N) is 1. The zero-order valence-corrected chi connectivity index (χ0v) is 27.5. The predicted molar refractivity (Wildman–Crippen MR) is 183 cm³/mol. The van der Waals surface area contributed by atoms with E-state index >= 15 is 0 Å². The summed E-state index contributed by atoms with van der Waals surface area (Å²) < 4.78 is 37.2. The minimum Gasteiger partial charge on any atom is -0.482 e. The number of carboxylic acid groups (broad SMARTS) is 1. The smallest absolute Gasteiger partial charge is 0.482 e. The zero-order valence-electron chi connectivity index (χ0n) is 27.5. The fourth-order valence-electron chi connectivity index (χ4n) is 5.07. The van der Waals surface area contributed by atoms with Crippen molar-refractivity contribution in [3.8, 4) is 5.75 Å². The molecule has 4 amide bonds. The number of amides is 4. The summed E-state index contributed by atoms with van der Waals surface area (Å²) in [5, 5.41) is 15.6. The highest BCUT2D eigenvalue weighted by molar-refractivity contribution is 6.04. The SMILES string of the molecule is NCc1ccc(CNC(=O)c2ccc(NC(=O)c3ccc(CN(C(=O)c4ccc5c(c4)OCC(=O)N5)C4CC4)cc3)cc2)cc1.O=C(O)C(F)(F)F. The van der Waals surface area contributed by atoms with E-state index in [2.05, 4.69) is 16.0 Å². The number of hydrogen-bond acceptors (Lipinski definition) is 7. The number of ether oxygens (including phenoxy) is 1. The molecule has 4 aromatic carbocycles. The number of anilines is 2. The van der Waals surface area contributed by atoms with E-state index in [0.29, 0.717) is 53.4 Å². The van der Waals surface area contributed by atoms with Gasteiger partial charge in [0.05, 0.1) is 5.69 Å². The van der Waals surface area contributed by atoms with E-state index in [1.165, 1.54) is 0 Å². The highest BCUT2D eigenvalue weighted by atomic mass is 19.4. The standard InChI is InChI=1S/C35H33N5O5.C2HF3O2/c36-18-22-1-3-23(4-2-22)19-37-33(42)25-9-12-28(13-10-25)38-34(43)26-7-5-24(6-8-26)20-40(29-14-15-29)35(44)27-11-16-30-31(17-27)45-21-32(41)39-30;3-2(4,5)1(6)7/h1-13,16-17,29H,14-15,18-21,36H2,(H,37,42)(H,38,43)(H,39,41);(H,6,7). The Balaban J connectivity index is 0.000000679. The van der Waals surface area contributed by atoms with Gasteiger partial charge in [0.25, 0.3) is 23.6 Å². The molecule has 1 saturated carbocycles. The second-order valence-corrected chi connectivity index (χ2v) is 11.9. The number of aliphatic carboxylic acids is 1. The Bertz CT molecular complexity index is 1950. The molecule has 0 aromatic heterocycles. The highest BCUT2D eigenvalue weighted by Crippen LogP contribution is 2.33. The average molecular weight is 718 g/mol. The third-order valence-electron chi connectivity index (χ3n) is 8.04. The maximum atomic E-state index is 13.4. The van der Waals surface area contributed by atoms with E-state index in [0.717, 1.165) is 29.5 Å². The molecule has 52 heavy (non-hydrogen) atoms. The topological polar surface area (TPSA) is 180 Å². The number of benzene rings is 4. The van der Waals surface area contributed by atoms with E-state index in [9.17, 15) is 32.3 Å². The first kappa shape index (κ1) is 37.0. The largest absolute Gasteiger partial charge is 0.490 e. The average Bonchev–Trinajstić information content (AvgIpc) is 3.98. The van der Waals surface area contributed by atoms with Gasteiger partial charge in [-0.25, -0.2) is 4.79 Å². The van der Waals surface area contributed by atoms with Crippen LogP contribution in [0, 0.1) is 0 Å². The fraction of sp³-hybridized carbons (Fsp3) is 0.216. The first-order valence-electron chi connectivity index (χ1n) is 16.0. The molecular formula is C37H34F3N5O7. The Hall–Kier alpha value is -6.22. The molecule has 12 nitrogen and oxygen atoms in total. The summed E-state index contributed by atoms with van der Waals surface area (Å²) in [4.78, 5) is 61.2. The molecule has 15 heteroatoms. The van der Waals surface area contributed by atoms with Crippen molar-refractivity contribution in [3.05, 3.63) is 124 Å². The number of halogens is 3. The van der Waals surface area contributed by atoms with Gasteiger partial charge in [-0.05, 0) is 84.1 Å². The molecule has 1 heterocycles. The van der Waals surface area contributed by atoms with Crippen LogP contribution in [0.15, 0.2) is 91.0 Å². The maximum Gasteiger partial charge on any atom is 0.490 e. The quantitative estimate of drug-likeness (QED) is 0.150. The Morgan fingerprint density at radius 1 is 0.827 bits per heavy atom. The van der Waals surface area contributed by atoms with E-state index in [1.807, 2.05) is 41.3 Å². The van der Waals surface area contributed by atoms with E-state index in [1.54, 1.807) is 54.6 Å². The maximum absolute atomic E-state index is 13.4. The molecule has 0 bridgehead atoms. The van der Waals surface area contributed by atoms with Crippen LogP contribution in [0.3, 0.4) is 0 Å². The van der Waals surface area contributed by atoms with Gasteiger partial charge < -0.3 is 36.4 Å². The van der Waals surface area contributed by atoms with Crippen molar-refractivity contribution in [1.82, 2.24) is 10.2 Å². The first-order chi connectivity index (χ1) is 24.8. The van der Waals surface area contributed by atoms with Crippen LogP contribution in [0.5, 0.6) is 5.75 Å². The summed E-state index contributed by atoms with van der Waals surface area (Å²) in [6.07, 6.45) is -3.21. The Labute approximate surface area is 295 Å². The summed E-state index contributed by atoms with van der Waals surface area (Å²) in [6.45, 7) is 1.20. The molecule has 6 rings (SSSR count). The molecule has 0 spiro atoms. The van der Waals surface area contributed by atoms with Crippen molar-refractivity contribution in [3.63, 3.8) is 0 Å². The normalized spacial score (nSPS) is 13.3. The lowest BCUT2D eigenvalue weighted by molar-refractivity contribution is -0.192. The van der Waals surface area contributed by atoms with Crippen LogP contribution < -0.4 is 26.4 Å². The molecule has 0 atom stereocenters. The number of carboxylic acids is 1. The number of carbonyl (C=O) groups excluding carboxylic acids is 4. The number of hydrogen-bond donors (Lipinski definition) is 5. The van der Waals surface area contributed by atoms with Crippen LogP contribution >= 0.6 is 0 Å². The predicted octanol–water partition coefficient (Wildman–Crippen LogP) is 5.10. The van der Waals surface area contributed by atoms with Crippen LogP contribution in [0.4, 0.5) is 24.5 Å². The number of nitrogens with one attached hydrogen (secondary N) is 3. The highest BCUT2D eigenvalue weighted by Gasteiger charge is 2.38. The first-order valence-corrected chi connectivity index (χ1v) is 16.0. The van der Waals surface area contributed by atoms with Crippen molar-refractivity contribution in [2.75, 3.05) is 17.2 Å². The Morgan fingerprint density at radius 2 is 1.38 bits per heavy atom. The molecule has 1 aliphatic carbocycles. The molecule has 2 aliphatic rings. The van der Waals surface area contributed by atoms with Gasteiger partial charge in [0.1, 0.15) is 5.75 Å². The fourth-order valence-corrected chi connectivity index (χ4v) is 5.07. The molecule has 6 N–H and O–H groups in total. The lowest BCUT2D eigenvalue weighted by Gasteiger charge is -2.24. The number of alkyl halides is 3. The number of rotatable bonds is 10. The summed E-state index contributed by atoms with van der Waals surface area (Å²) >= 11 is 0. The number of fused-ring (bicyclic) bond motifs is 1. The molecule has 270 valence electrons. The van der Waals surface area contributed by atoms with Crippen LogP contribution in [0.2, 0.25) is 0 Å². The molecule has 1 fully saturated rings. The lowest BCUT2D eigenvalue weighted by Crippen LogP contribution is -2.33. The zero-order chi connectivity index (χ0) is 37.4. The third-order valence-corrected chi connectivity index (χ3v) is 8.04. The second-order valence-electron chi connectivity index (χ2n) is 11.9. The molecular weight excluding hydrogens is 683 g/mol. The van der Waals surface area contributed by atoms with Gasteiger partial charge in [-0.15, -0.1) is 0 Å². The van der Waals surface area contributed by atoms with Crippen molar-refractivity contribution >= 4 is 41.0 Å². The third kappa shape index (κ3) is 9.94. The Morgan fingerprint density at radius 3 is 1.98 bits per heavy atom. The van der Waals surface area contributed by atoms with Crippen LogP contribution in [-0.2, 0) is 29.2 Å². The van der Waals surface area contributed by atoms with E-state index < -0.39 is 12.1 Å². The van der Waals surface area contributed by atoms with Crippen LogP contribution in [-0.4, -0.2) is 58.4 Å². The number of carbonyl (C=O) groups is 5. The van der Waals surface area contributed by atoms with E-state index in [-0.39, 0.29) is 36.3 Å². The molecule has 0 radical (unpaired) electrons. The van der Waals surface area contributed by atoms with Gasteiger partial charge in [-0.1, -0.05) is 36.4 Å². The van der Waals surface area contributed by atoms with Crippen molar-refractivity contribution in [2.24, 2.45) is 5.73 Å². The summed E-state index contributed by atoms with van der Waals surface area (Å²) in [6, 6.07) is 26.8. The van der Waals surface area contributed by atoms with Gasteiger partial charge in [-0.3, -0.25) is 19.2 Å². The molecule has 0 saturated heterocycles. The molecule has 0 unspecified atom stereocenters. The Kier molecular flexibility index (Phi) is 11.5. The van der Waals surface area contributed by atoms with Crippen LogP contribution in [0.25, 0.3) is 0 Å². The molecule has 4 aromatic rings. The van der Waals surface area contributed by atoms with Crippen molar-refractivity contribution in [1.29, 1.82) is 0 Å². The minimum atomic E-state index is -5.08. The van der Waals surface area contributed by atoms with Crippen molar-refractivity contribution in [2.45, 2.75) is 44.7 Å². The van der Waals surface area contributed by atoms with Gasteiger partial charge in [0.2, 0.25) is 0 Å².